The first-order valence-electron chi connectivity index (χ1n) is 6.04. The van der Waals surface area contributed by atoms with Gasteiger partial charge in [0.1, 0.15) is 5.75 Å². The summed E-state index contributed by atoms with van der Waals surface area (Å²) in [5.74, 6) is 0.356. The molecule has 0 heterocycles. The Labute approximate surface area is 103 Å². The highest BCUT2D eigenvalue weighted by atomic mass is 16.5. The second-order valence-corrected chi connectivity index (χ2v) is 3.84. The molecular formula is C14H20O3. The summed E-state index contributed by atoms with van der Waals surface area (Å²) in [4.78, 5) is 11.9. The molecule has 0 fully saturated rings. The molecule has 0 aromatic heterocycles. The first-order chi connectivity index (χ1) is 8.24. The van der Waals surface area contributed by atoms with E-state index in [-0.39, 0.29) is 11.9 Å². The number of benzene rings is 1. The number of carbonyl (C=O) groups excluding carboxylic acids is 1. The number of ether oxygens (including phenoxy) is 2. The van der Waals surface area contributed by atoms with Crippen molar-refractivity contribution in [3.05, 3.63) is 29.8 Å². The van der Waals surface area contributed by atoms with Gasteiger partial charge in [0.2, 0.25) is 0 Å². The van der Waals surface area contributed by atoms with E-state index in [1.165, 1.54) is 0 Å². The summed E-state index contributed by atoms with van der Waals surface area (Å²) in [7, 11) is 1.62. The molecule has 0 aliphatic rings. The van der Waals surface area contributed by atoms with Crippen molar-refractivity contribution in [1.82, 2.24) is 0 Å². The van der Waals surface area contributed by atoms with Gasteiger partial charge in [-0.25, -0.2) is 0 Å². The Morgan fingerprint density at radius 2 is 2.00 bits per heavy atom. The van der Waals surface area contributed by atoms with Crippen LogP contribution in [-0.4, -0.2) is 19.7 Å². The second kappa shape index (κ2) is 6.94. The number of rotatable bonds is 6. The molecule has 1 atom stereocenters. The van der Waals surface area contributed by atoms with Crippen LogP contribution in [0.3, 0.4) is 0 Å². The van der Waals surface area contributed by atoms with E-state index in [2.05, 4.69) is 6.92 Å². The predicted molar refractivity (Wildman–Crippen MR) is 67.3 cm³/mol. The van der Waals surface area contributed by atoms with E-state index in [9.17, 15) is 4.79 Å². The number of para-hydroxylation sites is 1. The molecular weight excluding hydrogens is 216 g/mol. The quantitative estimate of drug-likeness (QED) is 0.712. The van der Waals surface area contributed by atoms with Crippen molar-refractivity contribution in [2.75, 3.05) is 13.7 Å². The number of esters is 1. The minimum Gasteiger partial charge on any atom is -0.496 e. The maximum Gasteiger partial charge on any atom is 0.313 e. The Morgan fingerprint density at radius 3 is 2.59 bits per heavy atom. The van der Waals surface area contributed by atoms with Gasteiger partial charge in [-0.3, -0.25) is 4.79 Å². The van der Waals surface area contributed by atoms with Gasteiger partial charge in [0.15, 0.2) is 0 Å². The monoisotopic (exact) mass is 236 g/mol. The van der Waals surface area contributed by atoms with Gasteiger partial charge in [-0.1, -0.05) is 31.5 Å². The van der Waals surface area contributed by atoms with Crippen LogP contribution in [0.25, 0.3) is 0 Å². The van der Waals surface area contributed by atoms with Crippen LogP contribution in [-0.2, 0) is 9.53 Å². The largest absolute Gasteiger partial charge is 0.496 e. The topological polar surface area (TPSA) is 35.5 Å². The third kappa shape index (κ3) is 3.48. The Morgan fingerprint density at radius 1 is 1.29 bits per heavy atom. The average Bonchev–Trinajstić information content (AvgIpc) is 2.36. The van der Waals surface area contributed by atoms with Crippen LogP contribution in [0.4, 0.5) is 0 Å². The predicted octanol–water partition coefficient (Wildman–Crippen LogP) is 3.14. The lowest BCUT2D eigenvalue weighted by Crippen LogP contribution is -2.16. The Kier molecular flexibility index (Phi) is 5.53. The lowest BCUT2D eigenvalue weighted by molar-refractivity contribution is -0.145. The molecule has 0 aliphatic heterocycles. The zero-order chi connectivity index (χ0) is 12.7. The molecule has 0 saturated carbocycles. The summed E-state index contributed by atoms with van der Waals surface area (Å²) in [5, 5.41) is 0. The zero-order valence-electron chi connectivity index (χ0n) is 10.7. The van der Waals surface area contributed by atoms with Crippen LogP contribution in [0.15, 0.2) is 24.3 Å². The van der Waals surface area contributed by atoms with Crippen molar-refractivity contribution in [3.8, 4) is 5.75 Å². The third-order valence-corrected chi connectivity index (χ3v) is 2.66. The van der Waals surface area contributed by atoms with Crippen LogP contribution in [0.5, 0.6) is 5.75 Å². The molecule has 0 bridgehead atoms. The number of hydrogen-bond acceptors (Lipinski definition) is 3. The van der Waals surface area contributed by atoms with Crippen molar-refractivity contribution in [2.24, 2.45) is 0 Å². The summed E-state index contributed by atoms with van der Waals surface area (Å²) < 4.78 is 10.4. The molecule has 0 radical (unpaired) electrons. The zero-order valence-corrected chi connectivity index (χ0v) is 10.7. The highest BCUT2D eigenvalue weighted by molar-refractivity contribution is 5.79. The SMILES string of the molecule is CCCC(C(=O)OCC)c1ccccc1OC. The van der Waals surface area contributed by atoms with Gasteiger partial charge >= 0.3 is 5.97 Å². The molecule has 0 N–H and O–H groups in total. The molecule has 3 heteroatoms. The first-order valence-corrected chi connectivity index (χ1v) is 6.04. The molecule has 1 aromatic carbocycles. The minimum absolute atomic E-state index is 0.168. The smallest absolute Gasteiger partial charge is 0.313 e. The van der Waals surface area contributed by atoms with E-state index in [4.69, 9.17) is 9.47 Å². The van der Waals surface area contributed by atoms with Crippen molar-refractivity contribution in [3.63, 3.8) is 0 Å². The standard InChI is InChI=1S/C14H20O3/c1-4-8-12(14(15)17-5-2)11-9-6-7-10-13(11)16-3/h6-7,9-10,12H,4-5,8H2,1-3H3. The van der Waals surface area contributed by atoms with Crippen LogP contribution in [0, 0.1) is 0 Å². The summed E-state index contributed by atoms with van der Waals surface area (Å²) in [6.07, 6.45) is 1.71. The Balaban J connectivity index is 3.00. The molecule has 3 nitrogen and oxygen atoms in total. The lowest BCUT2D eigenvalue weighted by Gasteiger charge is -2.17. The second-order valence-electron chi connectivity index (χ2n) is 3.84. The molecule has 1 rings (SSSR count). The van der Waals surface area contributed by atoms with Crippen LogP contribution >= 0.6 is 0 Å². The molecule has 94 valence electrons. The first kappa shape index (κ1) is 13.6. The Hall–Kier alpha value is -1.51. The molecule has 17 heavy (non-hydrogen) atoms. The summed E-state index contributed by atoms with van der Waals surface area (Å²) >= 11 is 0. The van der Waals surface area contributed by atoms with Crippen LogP contribution < -0.4 is 4.74 Å². The molecule has 1 unspecified atom stereocenters. The summed E-state index contributed by atoms with van der Waals surface area (Å²) in [6, 6.07) is 7.61. The highest BCUT2D eigenvalue weighted by Gasteiger charge is 2.23. The summed E-state index contributed by atoms with van der Waals surface area (Å²) in [5.41, 5.74) is 0.912. The van der Waals surface area contributed by atoms with E-state index in [1.807, 2.05) is 31.2 Å². The maximum absolute atomic E-state index is 11.9. The molecule has 0 saturated heterocycles. The van der Waals surface area contributed by atoms with Crippen molar-refractivity contribution < 1.29 is 14.3 Å². The highest BCUT2D eigenvalue weighted by Crippen LogP contribution is 2.30. The normalized spacial score (nSPS) is 11.9. The third-order valence-electron chi connectivity index (χ3n) is 2.66. The molecule has 0 aliphatic carbocycles. The molecule has 1 aromatic rings. The minimum atomic E-state index is -0.226. The fourth-order valence-corrected chi connectivity index (χ4v) is 1.89. The van der Waals surface area contributed by atoms with Gasteiger partial charge in [0.25, 0.3) is 0 Å². The fourth-order valence-electron chi connectivity index (χ4n) is 1.89. The van der Waals surface area contributed by atoms with Gasteiger partial charge < -0.3 is 9.47 Å². The van der Waals surface area contributed by atoms with Crippen molar-refractivity contribution >= 4 is 5.97 Å². The van der Waals surface area contributed by atoms with E-state index in [0.29, 0.717) is 6.61 Å². The van der Waals surface area contributed by atoms with Crippen molar-refractivity contribution in [1.29, 1.82) is 0 Å². The number of carbonyl (C=O) groups is 1. The van der Waals surface area contributed by atoms with Crippen LogP contribution in [0.1, 0.15) is 38.2 Å². The molecule has 0 amide bonds. The van der Waals surface area contributed by atoms with E-state index in [0.717, 1.165) is 24.2 Å². The van der Waals surface area contributed by atoms with Gasteiger partial charge in [-0.05, 0) is 19.4 Å². The fraction of sp³-hybridized carbons (Fsp3) is 0.500. The average molecular weight is 236 g/mol. The number of hydrogen-bond donors (Lipinski definition) is 0. The maximum atomic E-state index is 11.9. The van der Waals surface area contributed by atoms with Gasteiger partial charge in [0.05, 0.1) is 19.6 Å². The summed E-state index contributed by atoms with van der Waals surface area (Å²) in [6.45, 7) is 4.29. The molecule has 0 spiro atoms. The number of methoxy groups -OCH3 is 1. The van der Waals surface area contributed by atoms with E-state index in [1.54, 1.807) is 7.11 Å². The van der Waals surface area contributed by atoms with E-state index < -0.39 is 0 Å². The van der Waals surface area contributed by atoms with E-state index >= 15 is 0 Å². The Bertz CT molecular complexity index is 360. The van der Waals surface area contributed by atoms with Gasteiger partial charge in [0, 0.05) is 5.56 Å². The van der Waals surface area contributed by atoms with Gasteiger partial charge in [-0.2, -0.15) is 0 Å². The van der Waals surface area contributed by atoms with Gasteiger partial charge in [-0.15, -0.1) is 0 Å². The van der Waals surface area contributed by atoms with Crippen LogP contribution in [0.2, 0.25) is 0 Å². The van der Waals surface area contributed by atoms with Crippen molar-refractivity contribution in [2.45, 2.75) is 32.6 Å². The lowest BCUT2D eigenvalue weighted by atomic mass is 9.94.